The molecule has 0 aliphatic rings. The van der Waals surface area contributed by atoms with Gasteiger partial charge in [-0.3, -0.25) is 4.57 Å². The van der Waals surface area contributed by atoms with Gasteiger partial charge in [0.05, 0.1) is 18.2 Å². The van der Waals surface area contributed by atoms with Crippen LogP contribution in [-0.2, 0) is 13.6 Å². The van der Waals surface area contributed by atoms with Crippen LogP contribution in [0.3, 0.4) is 0 Å². The molecule has 1 aromatic rings. The number of halogens is 3. The van der Waals surface area contributed by atoms with E-state index in [1.54, 1.807) is 13.8 Å². The Balaban J connectivity index is 3.05. The summed E-state index contributed by atoms with van der Waals surface area (Å²) in [6, 6.07) is 3.33. The highest BCUT2D eigenvalue weighted by molar-refractivity contribution is 7.54. The summed E-state index contributed by atoms with van der Waals surface area (Å²) in [7, 11) is -3.94. The summed E-state index contributed by atoms with van der Waals surface area (Å²) in [5, 5.41) is -0.131. The molecule has 0 aliphatic carbocycles. The fraction of sp³-hybridized carbons (Fsp3) is 0.455. The topological polar surface area (TPSA) is 35.5 Å². The van der Waals surface area contributed by atoms with E-state index in [0.29, 0.717) is 0 Å². The second-order valence-corrected chi connectivity index (χ2v) is 5.84. The molecule has 0 amide bonds. The summed E-state index contributed by atoms with van der Waals surface area (Å²) in [6.07, 6.45) is 0. The van der Waals surface area contributed by atoms with Gasteiger partial charge in [0.2, 0.25) is 5.91 Å². The first-order valence-electron chi connectivity index (χ1n) is 5.42. The van der Waals surface area contributed by atoms with Crippen molar-refractivity contribution in [2.75, 3.05) is 13.2 Å². The molecule has 102 valence electrons. The fourth-order valence-corrected chi connectivity index (χ4v) is 3.07. The molecule has 1 atom stereocenters. The lowest BCUT2D eigenvalue weighted by molar-refractivity contribution is 0.190. The Morgan fingerprint density at radius 1 is 1.33 bits per heavy atom. The molecule has 0 saturated carbocycles. The molecule has 3 nitrogen and oxygen atoms in total. The molecule has 0 saturated heterocycles. The molecule has 18 heavy (non-hydrogen) atoms. The molecule has 0 aliphatic heterocycles. The number of hydrogen-bond donors (Lipinski definition) is 0. The minimum atomic E-state index is -3.94. The average Bonchev–Trinajstić information content (AvgIpc) is 2.32. The van der Waals surface area contributed by atoms with Gasteiger partial charge in [-0.1, -0.05) is 17.7 Å². The third-order valence-electron chi connectivity index (χ3n) is 2.11. The van der Waals surface area contributed by atoms with E-state index in [-0.39, 0.29) is 23.8 Å². The lowest BCUT2D eigenvalue weighted by Crippen LogP contribution is -2.03. The Hall–Kier alpha value is -0.480. The summed E-state index contributed by atoms with van der Waals surface area (Å²) in [5.41, 5.74) is -0.123. The Morgan fingerprint density at radius 3 is 2.33 bits per heavy atom. The van der Waals surface area contributed by atoms with Crippen molar-refractivity contribution in [1.29, 1.82) is 0 Å². The summed E-state index contributed by atoms with van der Waals surface area (Å²) < 4.78 is 49.2. The third kappa shape index (κ3) is 3.51. The number of alkyl halides is 1. The predicted octanol–water partition coefficient (Wildman–Crippen LogP) is 4.71. The molecule has 0 spiro atoms. The molecular weight excluding hydrogens is 285 g/mol. The van der Waals surface area contributed by atoms with Crippen molar-refractivity contribution in [2.24, 2.45) is 0 Å². The van der Waals surface area contributed by atoms with Crippen LogP contribution in [-0.4, -0.2) is 13.2 Å². The van der Waals surface area contributed by atoms with Crippen molar-refractivity contribution < 1.29 is 22.4 Å². The lowest BCUT2D eigenvalue weighted by Gasteiger charge is -2.20. The van der Waals surface area contributed by atoms with Crippen molar-refractivity contribution in [3.05, 3.63) is 34.6 Å². The monoisotopic (exact) mass is 298 g/mol. The van der Waals surface area contributed by atoms with Gasteiger partial charge in [0.25, 0.3) is 0 Å². The molecular formula is C11H14ClF2O3P. The quantitative estimate of drug-likeness (QED) is 0.713. The van der Waals surface area contributed by atoms with E-state index >= 15 is 0 Å². The lowest BCUT2D eigenvalue weighted by atomic mass is 10.2. The first kappa shape index (κ1) is 15.6. The van der Waals surface area contributed by atoms with E-state index in [1.165, 1.54) is 12.1 Å². The maximum Gasteiger partial charge on any atom is 0.369 e. The van der Waals surface area contributed by atoms with Crippen LogP contribution >= 0.6 is 19.2 Å². The molecule has 1 aromatic carbocycles. The first-order valence-corrected chi connectivity index (χ1v) is 7.41. The highest BCUT2D eigenvalue weighted by Crippen LogP contribution is 2.61. The summed E-state index contributed by atoms with van der Waals surface area (Å²) in [4.78, 5) is 0. The minimum Gasteiger partial charge on any atom is -0.307 e. The van der Waals surface area contributed by atoms with Crippen molar-refractivity contribution in [2.45, 2.75) is 19.8 Å². The van der Waals surface area contributed by atoms with Crippen molar-refractivity contribution in [1.82, 2.24) is 0 Å². The molecule has 0 heterocycles. The highest BCUT2D eigenvalue weighted by atomic mass is 35.5. The molecule has 7 heteroatoms. The van der Waals surface area contributed by atoms with Gasteiger partial charge in [0, 0.05) is 5.56 Å². The van der Waals surface area contributed by atoms with Crippen LogP contribution in [0.4, 0.5) is 8.78 Å². The van der Waals surface area contributed by atoms with Crippen LogP contribution in [0.25, 0.3) is 0 Å². The summed E-state index contributed by atoms with van der Waals surface area (Å²) in [6.45, 7) is 3.21. The van der Waals surface area contributed by atoms with Crippen molar-refractivity contribution in [3.8, 4) is 0 Å². The average molecular weight is 299 g/mol. The van der Waals surface area contributed by atoms with E-state index in [0.717, 1.165) is 6.07 Å². The Labute approximate surface area is 110 Å². The maximum absolute atomic E-state index is 14.1. The molecule has 0 unspecified atom stereocenters. The zero-order chi connectivity index (χ0) is 13.8. The van der Waals surface area contributed by atoms with Crippen LogP contribution in [0.1, 0.15) is 25.3 Å². The molecule has 0 N–H and O–H groups in total. The molecule has 1 rings (SSSR count). The SMILES string of the molecule is CCOP(=O)(OCC)[C@@H](F)c1ccc(Cl)c(F)c1. The van der Waals surface area contributed by atoms with Crippen LogP contribution in [0.5, 0.6) is 0 Å². The first-order chi connectivity index (χ1) is 8.44. The van der Waals surface area contributed by atoms with Gasteiger partial charge in [-0.15, -0.1) is 0 Å². The predicted molar refractivity (Wildman–Crippen MR) is 66.1 cm³/mol. The third-order valence-corrected chi connectivity index (χ3v) is 4.51. The van der Waals surface area contributed by atoms with Crippen molar-refractivity contribution >= 4 is 19.2 Å². The smallest absolute Gasteiger partial charge is 0.307 e. The van der Waals surface area contributed by atoms with Crippen LogP contribution in [0, 0.1) is 5.82 Å². The standard InChI is InChI=1S/C11H14ClF2O3P/c1-3-16-18(15,17-4-2)11(14)8-5-6-9(12)10(13)7-8/h5-7,11H,3-4H2,1-2H3/t11-/m1/s1. The summed E-state index contributed by atoms with van der Waals surface area (Å²) >= 11 is 5.49. The van der Waals surface area contributed by atoms with E-state index in [2.05, 4.69) is 0 Å². The van der Waals surface area contributed by atoms with Gasteiger partial charge in [0.15, 0.2) is 0 Å². The highest BCUT2D eigenvalue weighted by Gasteiger charge is 2.37. The van der Waals surface area contributed by atoms with Crippen molar-refractivity contribution in [3.63, 3.8) is 0 Å². The molecule has 0 aromatic heterocycles. The second kappa shape index (κ2) is 6.62. The maximum atomic E-state index is 14.1. The van der Waals surface area contributed by atoms with E-state index in [1.807, 2.05) is 0 Å². The van der Waals surface area contributed by atoms with Gasteiger partial charge in [-0.05, 0) is 26.0 Å². The second-order valence-electron chi connectivity index (χ2n) is 3.38. The summed E-state index contributed by atoms with van der Waals surface area (Å²) in [5.74, 6) is -2.82. The van der Waals surface area contributed by atoms with E-state index < -0.39 is 19.3 Å². The molecule has 0 bridgehead atoms. The van der Waals surface area contributed by atoms with Gasteiger partial charge in [-0.25, -0.2) is 8.78 Å². The zero-order valence-corrected chi connectivity index (χ0v) is 11.7. The Bertz CT molecular complexity index is 446. The number of rotatable bonds is 6. The van der Waals surface area contributed by atoms with Gasteiger partial charge in [-0.2, -0.15) is 0 Å². The van der Waals surface area contributed by atoms with Crippen LogP contribution in [0.2, 0.25) is 5.02 Å². The van der Waals surface area contributed by atoms with E-state index in [4.69, 9.17) is 20.6 Å². The Kier molecular flexibility index (Phi) is 5.73. The molecule has 0 radical (unpaired) electrons. The number of hydrogen-bond acceptors (Lipinski definition) is 3. The zero-order valence-electron chi connectivity index (χ0n) is 10.0. The van der Waals surface area contributed by atoms with Crippen LogP contribution in [0.15, 0.2) is 18.2 Å². The van der Waals surface area contributed by atoms with Gasteiger partial charge < -0.3 is 9.05 Å². The van der Waals surface area contributed by atoms with E-state index in [9.17, 15) is 13.3 Å². The van der Waals surface area contributed by atoms with Gasteiger partial charge in [0.1, 0.15) is 5.82 Å². The normalized spacial score (nSPS) is 13.6. The molecule has 0 fully saturated rings. The van der Waals surface area contributed by atoms with Gasteiger partial charge >= 0.3 is 7.60 Å². The van der Waals surface area contributed by atoms with Crippen LogP contribution < -0.4 is 0 Å². The number of benzene rings is 1. The Morgan fingerprint density at radius 2 is 1.89 bits per heavy atom. The fourth-order valence-electron chi connectivity index (χ4n) is 1.37. The minimum absolute atomic E-state index is 0.0355. The largest absolute Gasteiger partial charge is 0.369 e.